The van der Waals surface area contributed by atoms with Gasteiger partial charge in [-0.3, -0.25) is 0 Å². The minimum atomic E-state index is 0.838. The van der Waals surface area contributed by atoms with Crippen molar-refractivity contribution in [2.75, 3.05) is 5.32 Å². The lowest BCUT2D eigenvalue weighted by Crippen LogP contribution is -1.91. The topological polar surface area (TPSA) is 37.8 Å². The molecule has 3 nitrogen and oxygen atoms in total. The fourth-order valence-electron chi connectivity index (χ4n) is 1.06. The Morgan fingerprint density at radius 3 is 2.57 bits per heavy atom. The van der Waals surface area contributed by atoms with Crippen molar-refractivity contribution in [1.29, 1.82) is 0 Å². The maximum Gasteiger partial charge on any atom is 0.188 e. The van der Waals surface area contributed by atoms with Crippen LogP contribution in [0.25, 0.3) is 0 Å². The Bertz CT molecular complexity index is 419. The number of pyridine rings is 1. The molecule has 4 heteroatoms. The predicted octanol–water partition coefficient (Wildman–Crippen LogP) is 2.90. The second-order valence-corrected chi connectivity index (χ2v) is 4.36. The van der Waals surface area contributed by atoms with Crippen LogP contribution < -0.4 is 5.32 Å². The summed E-state index contributed by atoms with van der Waals surface area (Å²) in [5.41, 5.74) is 1.16. The zero-order chi connectivity index (χ0) is 9.97. The molecular weight excluding hydrogens is 194 g/mol. The summed E-state index contributed by atoms with van der Waals surface area (Å²) in [5, 5.41) is 4.04. The molecule has 2 aromatic rings. The standard InChI is InChI=1S/C10H11N3S/c1-7-3-4-9(11-5-7)13-10-12-6-8(2)14-10/h3-6H,1-2H3,(H,11,12,13). The fraction of sp³-hybridized carbons (Fsp3) is 0.200. The molecule has 0 saturated heterocycles. The van der Waals surface area contributed by atoms with Crippen LogP contribution in [0.15, 0.2) is 24.5 Å². The Kier molecular flexibility index (Phi) is 2.45. The molecule has 0 fully saturated rings. The maximum atomic E-state index is 4.24. The first-order valence-corrected chi connectivity index (χ1v) is 5.18. The molecule has 0 aliphatic rings. The third-order valence-corrected chi connectivity index (χ3v) is 2.60. The highest BCUT2D eigenvalue weighted by Gasteiger charge is 1.99. The molecule has 14 heavy (non-hydrogen) atoms. The van der Waals surface area contributed by atoms with E-state index < -0.39 is 0 Å². The van der Waals surface area contributed by atoms with Crippen LogP contribution in [-0.4, -0.2) is 9.97 Å². The van der Waals surface area contributed by atoms with Gasteiger partial charge in [0.25, 0.3) is 0 Å². The Morgan fingerprint density at radius 1 is 1.14 bits per heavy atom. The van der Waals surface area contributed by atoms with Crippen LogP contribution in [0.1, 0.15) is 10.4 Å². The summed E-state index contributed by atoms with van der Waals surface area (Å²) in [6, 6.07) is 3.97. The number of thiazole rings is 1. The Hall–Kier alpha value is -1.42. The minimum Gasteiger partial charge on any atom is -0.316 e. The first kappa shape index (κ1) is 9.15. The van der Waals surface area contributed by atoms with Gasteiger partial charge in [-0.1, -0.05) is 6.07 Å². The van der Waals surface area contributed by atoms with Crippen molar-refractivity contribution in [3.05, 3.63) is 35.0 Å². The van der Waals surface area contributed by atoms with Crippen molar-refractivity contribution in [2.45, 2.75) is 13.8 Å². The summed E-state index contributed by atoms with van der Waals surface area (Å²) in [4.78, 5) is 9.63. The van der Waals surface area contributed by atoms with Gasteiger partial charge in [0.05, 0.1) is 0 Å². The monoisotopic (exact) mass is 205 g/mol. The summed E-state index contributed by atoms with van der Waals surface area (Å²) in [5.74, 6) is 0.838. The van der Waals surface area contributed by atoms with Gasteiger partial charge in [0.15, 0.2) is 5.13 Å². The van der Waals surface area contributed by atoms with Crippen molar-refractivity contribution >= 4 is 22.3 Å². The molecule has 0 radical (unpaired) electrons. The molecule has 0 aliphatic carbocycles. The maximum absolute atomic E-state index is 4.24. The number of anilines is 2. The van der Waals surface area contributed by atoms with E-state index in [9.17, 15) is 0 Å². The van der Waals surface area contributed by atoms with Gasteiger partial charge >= 0.3 is 0 Å². The highest BCUT2D eigenvalue weighted by Crippen LogP contribution is 2.20. The molecule has 0 saturated carbocycles. The molecule has 72 valence electrons. The van der Waals surface area contributed by atoms with Crippen molar-refractivity contribution in [2.24, 2.45) is 0 Å². The van der Waals surface area contributed by atoms with Crippen molar-refractivity contribution in [1.82, 2.24) is 9.97 Å². The number of aryl methyl sites for hydroxylation is 2. The van der Waals surface area contributed by atoms with Crippen LogP contribution in [0.2, 0.25) is 0 Å². The summed E-state index contributed by atoms with van der Waals surface area (Å²) in [6.45, 7) is 4.05. The molecule has 2 aromatic heterocycles. The normalized spacial score (nSPS) is 10.1. The molecule has 2 heterocycles. The van der Waals surface area contributed by atoms with Crippen LogP contribution in [0.3, 0.4) is 0 Å². The van der Waals surface area contributed by atoms with E-state index in [1.54, 1.807) is 11.3 Å². The fourth-order valence-corrected chi connectivity index (χ4v) is 1.74. The van der Waals surface area contributed by atoms with Crippen molar-refractivity contribution < 1.29 is 0 Å². The van der Waals surface area contributed by atoms with Gasteiger partial charge in [-0.25, -0.2) is 9.97 Å². The van der Waals surface area contributed by atoms with E-state index in [0.717, 1.165) is 16.5 Å². The predicted molar refractivity (Wildman–Crippen MR) is 59.1 cm³/mol. The second-order valence-electron chi connectivity index (χ2n) is 3.12. The van der Waals surface area contributed by atoms with Crippen molar-refractivity contribution in [3.8, 4) is 0 Å². The molecule has 2 rings (SSSR count). The molecule has 0 bridgehead atoms. The van der Waals surface area contributed by atoms with Gasteiger partial charge in [0, 0.05) is 17.3 Å². The number of hydrogen-bond acceptors (Lipinski definition) is 4. The van der Waals surface area contributed by atoms with Crippen LogP contribution >= 0.6 is 11.3 Å². The molecular formula is C10H11N3S. The molecule has 0 amide bonds. The molecule has 0 unspecified atom stereocenters. The third-order valence-electron chi connectivity index (χ3n) is 1.77. The largest absolute Gasteiger partial charge is 0.316 e. The highest BCUT2D eigenvalue weighted by molar-refractivity contribution is 7.15. The highest BCUT2D eigenvalue weighted by atomic mass is 32.1. The van der Waals surface area contributed by atoms with Gasteiger partial charge in [-0.2, -0.15) is 0 Å². The smallest absolute Gasteiger partial charge is 0.188 e. The summed E-state index contributed by atoms with van der Waals surface area (Å²) in [7, 11) is 0. The average Bonchev–Trinajstić information content (AvgIpc) is 2.56. The minimum absolute atomic E-state index is 0.838. The summed E-state index contributed by atoms with van der Waals surface area (Å²) >= 11 is 1.62. The summed E-state index contributed by atoms with van der Waals surface area (Å²) < 4.78 is 0. The van der Waals surface area contributed by atoms with E-state index in [1.807, 2.05) is 38.4 Å². The quantitative estimate of drug-likeness (QED) is 0.819. The van der Waals surface area contributed by atoms with E-state index in [1.165, 1.54) is 4.88 Å². The SMILES string of the molecule is Cc1ccc(Nc2ncc(C)s2)nc1. The van der Waals surface area contributed by atoms with E-state index in [-0.39, 0.29) is 0 Å². The van der Waals surface area contributed by atoms with Crippen LogP contribution in [-0.2, 0) is 0 Å². The van der Waals surface area contributed by atoms with Crippen LogP contribution in [0.5, 0.6) is 0 Å². The summed E-state index contributed by atoms with van der Waals surface area (Å²) in [6.07, 6.45) is 3.68. The van der Waals surface area contributed by atoms with Gasteiger partial charge in [0.1, 0.15) is 5.82 Å². The lowest BCUT2D eigenvalue weighted by atomic mass is 10.3. The Balaban J connectivity index is 2.15. The van der Waals surface area contributed by atoms with Crippen molar-refractivity contribution in [3.63, 3.8) is 0 Å². The van der Waals surface area contributed by atoms with E-state index in [0.29, 0.717) is 0 Å². The molecule has 1 N–H and O–H groups in total. The molecule has 0 spiro atoms. The first-order chi connectivity index (χ1) is 6.74. The van der Waals surface area contributed by atoms with Gasteiger partial charge in [-0.15, -0.1) is 11.3 Å². The average molecular weight is 205 g/mol. The zero-order valence-corrected chi connectivity index (χ0v) is 8.93. The first-order valence-electron chi connectivity index (χ1n) is 4.36. The molecule has 0 aliphatic heterocycles. The van der Waals surface area contributed by atoms with Crippen LogP contribution in [0, 0.1) is 13.8 Å². The lowest BCUT2D eigenvalue weighted by molar-refractivity contribution is 1.25. The van der Waals surface area contributed by atoms with E-state index in [2.05, 4.69) is 15.3 Å². The third kappa shape index (κ3) is 2.09. The number of hydrogen-bond donors (Lipinski definition) is 1. The van der Waals surface area contributed by atoms with E-state index in [4.69, 9.17) is 0 Å². The van der Waals surface area contributed by atoms with Gasteiger partial charge in [0.2, 0.25) is 0 Å². The second kappa shape index (κ2) is 3.75. The van der Waals surface area contributed by atoms with Gasteiger partial charge in [-0.05, 0) is 25.5 Å². The lowest BCUT2D eigenvalue weighted by Gasteiger charge is -2.00. The molecule has 0 aromatic carbocycles. The van der Waals surface area contributed by atoms with Crippen LogP contribution in [0.4, 0.5) is 10.9 Å². The number of aromatic nitrogens is 2. The molecule has 0 atom stereocenters. The number of rotatable bonds is 2. The van der Waals surface area contributed by atoms with E-state index >= 15 is 0 Å². The Labute approximate surface area is 86.8 Å². The number of nitrogens with zero attached hydrogens (tertiary/aromatic N) is 2. The number of nitrogens with one attached hydrogen (secondary N) is 1. The van der Waals surface area contributed by atoms with Gasteiger partial charge < -0.3 is 5.32 Å². The zero-order valence-electron chi connectivity index (χ0n) is 8.11. The Morgan fingerprint density at radius 2 is 2.00 bits per heavy atom.